The van der Waals surface area contributed by atoms with E-state index >= 15 is 0 Å². The molecule has 1 heterocycles. The number of hydrogen-bond acceptors (Lipinski definition) is 2. The van der Waals surface area contributed by atoms with E-state index in [-0.39, 0.29) is 0 Å². The minimum absolute atomic E-state index is 0.639. The standard InChI is InChI=1S/C14H27NO/c1-2-6-13(7-3-1)8-4-10-15-14-9-5-11-16-12-14/h13-15H,1-12H2. The van der Waals surface area contributed by atoms with E-state index in [4.69, 9.17) is 4.74 Å². The lowest BCUT2D eigenvalue weighted by atomic mass is 9.86. The van der Waals surface area contributed by atoms with E-state index in [1.54, 1.807) is 0 Å². The third kappa shape index (κ3) is 4.42. The molecule has 1 saturated carbocycles. The Bertz CT molecular complexity index is 152. The molecular formula is C14H27NO. The molecular weight excluding hydrogens is 198 g/mol. The molecule has 0 bridgehead atoms. The first-order valence-electron chi connectivity index (χ1n) is 7.26. The Morgan fingerprint density at radius 1 is 1.00 bits per heavy atom. The van der Waals surface area contributed by atoms with Crippen LogP contribution in [0.15, 0.2) is 0 Å². The van der Waals surface area contributed by atoms with Gasteiger partial charge in [0.2, 0.25) is 0 Å². The van der Waals surface area contributed by atoms with Gasteiger partial charge >= 0.3 is 0 Å². The molecule has 0 aromatic heterocycles. The van der Waals surface area contributed by atoms with Crippen LogP contribution in [-0.2, 0) is 4.74 Å². The number of rotatable bonds is 5. The van der Waals surface area contributed by atoms with Crippen molar-refractivity contribution in [2.45, 2.75) is 63.8 Å². The van der Waals surface area contributed by atoms with Crippen LogP contribution in [0.1, 0.15) is 57.8 Å². The summed E-state index contributed by atoms with van der Waals surface area (Å²) in [5.74, 6) is 1.04. The molecule has 0 spiro atoms. The fraction of sp³-hybridized carbons (Fsp3) is 1.00. The van der Waals surface area contributed by atoms with Crippen molar-refractivity contribution in [3.8, 4) is 0 Å². The van der Waals surface area contributed by atoms with Crippen LogP contribution in [0.2, 0.25) is 0 Å². The maximum absolute atomic E-state index is 5.47. The van der Waals surface area contributed by atoms with E-state index in [2.05, 4.69) is 5.32 Å². The first-order valence-corrected chi connectivity index (χ1v) is 7.26. The molecule has 94 valence electrons. The van der Waals surface area contributed by atoms with Gasteiger partial charge < -0.3 is 10.1 Å². The fourth-order valence-corrected chi connectivity index (χ4v) is 3.07. The van der Waals surface area contributed by atoms with E-state index in [9.17, 15) is 0 Å². The summed E-state index contributed by atoms with van der Waals surface area (Å²) in [6.07, 6.45) is 12.8. The molecule has 1 aliphatic heterocycles. The summed E-state index contributed by atoms with van der Waals surface area (Å²) in [6, 6.07) is 0.639. The van der Waals surface area contributed by atoms with Crippen LogP contribution in [-0.4, -0.2) is 25.8 Å². The normalized spacial score (nSPS) is 28.1. The summed E-state index contributed by atoms with van der Waals surface area (Å²) in [5, 5.41) is 3.64. The van der Waals surface area contributed by atoms with Crippen molar-refractivity contribution in [2.24, 2.45) is 5.92 Å². The monoisotopic (exact) mass is 225 g/mol. The Labute approximate surface area is 100 Å². The van der Waals surface area contributed by atoms with Crippen LogP contribution >= 0.6 is 0 Å². The first kappa shape index (κ1) is 12.4. The van der Waals surface area contributed by atoms with Gasteiger partial charge in [-0.15, -0.1) is 0 Å². The molecule has 0 radical (unpaired) electrons. The van der Waals surface area contributed by atoms with Gasteiger partial charge in [0.15, 0.2) is 0 Å². The lowest BCUT2D eigenvalue weighted by Gasteiger charge is -2.24. The number of hydrogen-bond donors (Lipinski definition) is 1. The maximum Gasteiger partial charge on any atom is 0.0619 e. The summed E-state index contributed by atoms with van der Waals surface area (Å²) in [5.41, 5.74) is 0. The molecule has 2 heteroatoms. The van der Waals surface area contributed by atoms with E-state index in [0.29, 0.717) is 6.04 Å². The zero-order valence-corrected chi connectivity index (χ0v) is 10.5. The summed E-state index contributed by atoms with van der Waals surface area (Å²) in [7, 11) is 0. The molecule has 16 heavy (non-hydrogen) atoms. The average molecular weight is 225 g/mol. The van der Waals surface area contributed by atoms with Crippen LogP contribution in [0.3, 0.4) is 0 Å². The third-order valence-electron chi connectivity index (χ3n) is 4.11. The van der Waals surface area contributed by atoms with Crippen molar-refractivity contribution in [1.29, 1.82) is 0 Å². The predicted molar refractivity (Wildman–Crippen MR) is 67.7 cm³/mol. The number of nitrogens with one attached hydrogen (secondary N) is 1. The van der Waals surface area contributed by atoms with Gasteiger partial charge in [0, 0.05) is 12.6 Å². The van der Waals surface area contributed by atoms with Crippen molar-refractivity contribution in [2.75, 3.05) is 19.8 Å². The summed E-state index contributed by atoms with van der Waals surface area (Å²) in [4.78, 5) is 0. The maximum atomic E-state index is 5.47. The predicted octanol–water partition coefficient (Wildman–Crippen LogP) is 3.12. The van der Waals surface area contributed by atoms with Crippen LogP contribution < -0.4 is 5.32 Å². The summed E-state index contributed by atoms with van der Waals surface area (Å²) < 4.78 is 5.47. The molecule has 1 unspecified atom stereocenters. The molecule has 0 aromatic carbocycles. The van der Waals surface area contributed by atoms with Crippen LogP contribution in [0.5, 0.6) is 0 Å². The van der Waals surface area contributed by atoms with Crippen molar-refractivity contribution in [3.63, 3.8) is 0 Å². The van der Waals surface area contributed by atoms with E-state index in [1.807, 2.05) is 0 Å². The minimum atomic E-state index is 0.639. The Morgan fingerprint density at radius 2 is 1.88 bits per heavy atom. The van der Waals surface area contributed by atoms with Crippen molar-refractivity contribution >= 4 is 0 Å². The molecule has 1 aliphatic carbocycles. The molecule has 0 aromatic rings. The highest BCUT2D eigenvalue weighted by molar-refractivity contribution is 4.71. The van der Waals surface area contributed by atoms with Gasteiger partial charge in [0.1, 0.15) is 0 Å². The van der Waals surface area contributed by atoms with Crippen molar-refractivity contribution < 1.29 is 4.74 Å². The van der Waals surface area contributed by atoms with E-state index in [1.165, 1.54) is 64.3 Å². The lowest BCUT2D eigenvalue weighted by molar-refractivity contribution is 0.0703. The van der Waals surface area contributed by atoms with Gasteiger partial charge in [0.05, 0.1) is 6.61 Å². The van der Waals surface area contributed by atoms with Crippen LogP contribution in [0.4, 0.5) is 0 Å². The second-order valence-electron chi connectivity index (χ2n) is 5.51. The van der Waals surface area contributed by atoms with Crippen molar-refractivity contribution in [3.05, 3.63) is 0 Å². The topological polar surface area (TPSA) is 21.3 Å². The van der Waals surface area contributed by atoms with Gasteiger partial charge in [-0.1, -0.05) is 32.1 Å². The molecule has 2 fully saturated rings. The van der Waals surface area contributed by atoms with Gasteiger partial charge in [0.25, 0.3) is 0 Å². The Balaban J connectivity index is 1.47. The third-order valence-corrected chi connectivity index (χ3v) is 4.11. The largest absolute Gasteiger partial charge is 0.380 e. The molecule has 2 nitrogen and oxygen atoms in total. The fourth-order valence-electron chi connectivity index (χ4n) is 3.07. The highest BCUT2D eigenvalue weighted by atomic mass is 16.5. The van der Waals surface area contributed by atoms with E-state index < -0.39 is 0 Å². The highest BCUT2D eigenvalue weighted by Gasteiger charge is 2.14. The second kappa shape index (κ2) is 7.29. The highest BCUT2D eigenvalue weighted by Crippen LogP contribution is 2.26. The van der Waals surface area contributed by atoms with Gasteiger partial charge in [-0.3, -0.25) is 0 Å². The Morgan fingerprint density at radius 3 is 2.62 bits per heavy atom. The van der Waals surface area contributed by atoms with Gasteiger partial charge in [-0.25, -0.2) is 0 Å². The summed E-state index contributed by atoms with van der Waals surface area (Å²) >= 11 is 0. The molecule has 1 atom stereocenters. The van der Waals surface area contributed by atoms with Crippen molar-refractivity contribution in [1.82, 2.24) is 5.32 Å². The van der Waals surface area contributed by atoms with Crippen LogP contribution in [0, 0.1) is 5.92 Å². The molecule has 2 rings (SSSR count). The SMILES string of the molecule is C1CCC(CCCNC2CCCOC2)CC1. The molecule has 0 amide bonds. The van der Waals surface area contributed by atoms with E-state index in [0.717, 1.165) is 19.1 Å². The summed E-state index contributed by atoms with van der Waals surface area (Å²) in [6.45, 7) is 3.11. The van der Waals surface area contributed by atoms with Crippen LogP contribution in [0.25, 0.3) is 0 Å². The Kier molecular flexibility index (Phi) is 5.64. The Hall–Kier alpha value is -0.0800. The molecule has 1 saturated heterocycles. The zero-order valence-electron chi connectivity index (χ0n) is 10.5. The first-order chi connectivity index (χ1) is 7.95. The molecule has 2 aliphatic rings. The zero-order chi connectivity index (χ0) is 11.1. The minimum Gasteiger partial charge on any atom is -0.380 e. The van der Waals surface area contributed by atoms with Gasteiger partial charge in [-0.05, 0) is 38.1 Å². The van der Waals surface area contributed by atoms with Gasteiger partial charge in [-0.2, -0.15) is 0 Å². The smallest absolute Gasteiger partial charge is 0.0619 e. The lowest BCUT2D eigenvalue weighted by Crippen LogP contribution is -2.37. The second-order valence-corrected chi connectivity index (χ2v) is 5.51. The quantitative estimate of drug-likeness (QED) is 0.726. The number of ether oxygens (including phenoxy) is 1. The average Bonchev–Trinajstić information content (AvgIpc) is 2.37. The molecule has 1 N–H and O–H groups in total.